The van der Waals surface area contributed by atoms with Gasteiger partial charge in [0.05, 0.1) is 0 Å². The van der Waals surface area contributed by atoms with E-state index >= 15 is 0 Å². The first-order valence-corrected chi connectivity index (χ1v) is 8.24. The van der Waals surface area contributed by atoms with Crippen LogP contribution in [0.5, 0.6) is 0 Å². The van der Waals surface area contributed by atoms with Crippen LogP contribution in [-0.2, 0) is 0 Å². The fourth-order valence-corrected chi connectivity index (χ4v) is 2.48. The van der Waals surface area contributed by atoms with Crippen LogP contribution < -0.4 is 10.6 Å². The molecule has 0 aliphatic heterocycles. The molecule has 2 N–H and O–H groups in total. The van der Waals surface area contributed by atoms with Crippen molar-refractivity contribution in [1.29, 1.82) is 0 Å². The van der Waals surface area contributed by atoms with Crippen LogP contribution in [0.3, 0.4) is 0 Å². The van der Waals surface area contributed by atoms with Crippen molar-refractivity contribution < 1.29 is 9.18 Å². The number of aryl methyl sites for hydroxylation is 2. The second-order valence-electron chi connectivity index (χ2n) is 5.74. The monoisotopic (exact) mass is 370 g/mol. The lowest BCUT2D eigenvalue weighted by molar-refractivity contribution is 0.102. The molecule has 0 saturated carbocycles. The van der Waals surface area contributed by atoms with Crippen molar-refractivity contribution in [3.05, 3.63) is 76.5 Å². The largest absolute Gasteiger partial charge is 0.340 e. The summed E-state index contributed by atoms with van der Waals surface area (Å²) in [6.45, 7) is 3.57. The molecular formula is C19H16ClFN4O. The minimum absolute atomic E-state index is 0.207. The number of carbonyl (C=O) groups is 1. The molecule has 0 atom stereocenters. The maximum absolute atomic E-state index is 13.0. The van der Waals surface area contributed by atoms with Crippen molar-refractivity contribution in [1.82, 2.24) is 9.97 Å². The number of anilines is 3. The number of rotatable bonds is 4. The normalized spacial score (nSPS) is 10.5. The Labute approximate surface area is 155 Å². The molecule has 0 fully saturated rings. The maximum Gasteiger partial charge on any atom is 0.274 e. The molecule has 1 amide bonds. The summed E-state index contributed by atoms with van der Waals surface area (Å²) in [5, 5.41) is 6.36. The summed E-state index contributed by atoms with van der Waals surface area (Å²) in [5.41, 5.74) is 2.36. The Bertz CT molecular complexity index is 960. The van der Waals surface area contributed by atoms with E-state index in [1.807, 2.05) is 13.0 Å². The van der Waals surface area contributed by atoms with Crippen LogP contribution in [0.1, 0.15) is 21.9 Å². The summed E-state index contributed by atoms with van der Waals surface area (Å²) in [5.74, 6) is 0.171. The zero-order valence-electron chi connectivity index (χ0n) is 14.2. The molecule has 0 unspecified atom stereocenters. The van der Waals surface area contributed by atoms with Gasteiger partial charge in [0.1, 0.15) is 23.2 Å². The summed E-state index contributed by atoms with van der Waals surface area (Å²) in [6.07, 6.45) is 0. The molecule has 1 heterocycles. The van der Waals surface area contributed by atoms with E-state index in [0.29, 0.717) is 28.0 Å². The summed E-state index contributed by atoms with van der Waals surface area (Å²) >= 11 is 6.08. The third-order valence-electron chi connectivity index (χ3n) is 3.62. The minimum Gasteiger partial charge on any atom is -0.340 e. The highest BCUT2D eigenvalue weighted by Crippen LogP contribution is 2.21. The van der Waals surface area contributed by atoms with E-state index in [4.69, 9.17) is 11.6 Å². The summed E-state index contributed by atoms with van der Waals surface area (Å²) < 4.78 is 13.0. The molecule has 0 bridgehead atoms. The lowest BCUT2D eigenvalue weighted by Gasteiger charge is -2.10. The Hall–Kier alpha value is -2.99. The third kappa shape index (κ3) is 4.34. The first kappa shape index (κ1) is 17.8. The van der Waals surface area contributed by atoms with E-state index in [0.717, 1.165) is 5.56 Å². The molecule has 0 aliphatic rings. The van der Waals surface area contributed by atoms with Crippen LogP contribution in [0, 0.1) is 19.7 Å². The van der Waals surface area contributed by atoms with E-state index in [2.05, 4.69) is 20.6 Å². The number of aromatic nitrogens is 2. The Morgan fingerprint density at radius 3 is 2.38 bits per heavy atom. The molecular weight excluding hydrogens is 355 g/mol. The number of nitrogens with zero attached hydrogens (tertiary/aromatic N) is 2. The Balaban J connectivity index is 1.80. The fraction of sp³-hybridized carbons (Fsp3) is 0.105. The SMILES string of the molecule is Cc1nc(Nc2ccc(F)cc2)cc(C(=O)Nc2ccc(C)c(Cl)c2)n1. The lowest BCUT2D eigenvalue weighted by atomic mass is 10.2. The van der Waals surface area contributed by atoms with Gasteiger partial charge in [-0.05, 0) is 55.8 Å². The quantitative estimate of drug-likeness (QED) is 0.686. The molecule has 5 nitrogen and oxygen atoms in total. The summed E-state index contributed by atoms with van der Waals surface area (Å²) in [7, 11) is 0. The fourth-order valence-electron chi connectivity index (χ4n) is 2.29. The van der Waals surface area contributed by atoms with Gasteiger partial charge in [-0.2, -0.15) is 0 Å². The molecule has 3 rings (SSSR count). The van der Waals surface area contributed by atoms with Crippen molar-refractivity contribution >= 4 is 34.7 Å². The van der Waals surface area contributed by atoms with Crippen molar-refractivity contribution in [2.45, 2.75) is 13.8 Å². The number of carbonyl (C=O) groups excluding carboxylic acids is 1. The molecule has 0 radical (unpaired) electrons. The number of benzene rings is 2. The van der Waals surface area contributed by atoms with Crippen molar-refractivity contribution in [2.24, 2.45) is 0 Å². The van der Waals surface area contributed by atoms with E-state index in [1.54, 1.807) is 31.2 Å². The number of amides is 1. The van der Waals surface area contributed by atoms with Gasteiger partial charge in [0.2, 0.25) is 0 Å². The van der Waals surface area contributed by atoms with E-state index < -0.39 is 0 Å². The molecule has 3 aromatic rings. The highest BCUT2D eigenvalue weighted by atomic mass is 35.5. The molecule has 1 aromatic heterocycles. The first-order valence-electron chi connectivity index (χ1n) is 7.86. The predicted octanol–water partition coefficient (Wildman–Crippen LogP) is 4.88. The van der Waals surface area contributed by atoms with Gasteiger partial charge in [0.25, 0.3) is 5.91 Å². The predicted molar refractivity (Wildman–Crippen MR) is 101 cm³/mol. The van der Waals surface area contributed by atoms with Gasteiger partial charge >= 0.3 is 0 Å². The van der Waals surface area contributed by atoms with Gasteiger partial charge in [0.15, 0.2) is 0 Å². The number of nitrogens with one attached hydrogen (secondary N) is 2. The van der Waals surface area contributed by atoms with Crippen molar-refractivity contribution in [2.75, 3.05) is 10.6 Å². The summed E-state index contributed by atoms with van der Waals surface area (Å²) in [4.78, 5) is 20.9. The second kappa shape index (κ2) is 7.49. The summed E-state index contributed by atoms with van der Waals surface area (Å²) in [6, 6.07) is 12.6. The highest BCUT2D eigenvalue weighted by molar-refractivity contribution is 6.31. The van der Waals surface area contributed by atoms with Gasteiger partial charge in [-0.15, -0.1) is 0 Å². The molecule has 0 saturated heterocycles. The molecule has 26 heavy (non-hydrogen) atoms. The molecule has 7 heteroatoms. The minimum atomic E-state index is -0.377. The molecule has 132 valence electrons. The van der Waals surface area contributed by atoms with Crippen LogP contribution in [0.25, 0.3) is 0 Å². The number of halogens is 2. The molecule has 2 aromatic carbocycles. The Morgan fingerprint density at radius 1 is 1.00 bits per heavy atom. The van der Waals surface area contributed by atoms with E-state index in [9.17, 15) is 9.18 Å². The lowest BCUT2D eigenvalue weighted by Crippen LogP contribution is -2.15. The molecule has 0 spiro atoms. The second-order valence-corrected chi connectivity index (χ2v) is 6.14. The standard InChI is InChI=1S/C19H16ClFN4O/c1-11-3-6-15(9-16(11)20)25-19(26)17-10-18(23-12(2)22-17)24-14-7-4-13(21)5-8-14/h3-10H,1-2H3,(H,25,26)(H,22,23,24). The average molecular weight is 371 g/mol. The van der Waals surface area contributed by atoms with Crippen LogP contribution in [0.4, 0.5) is 21.6 Å². The van der Waals surface area contributed by atoms with Gasteiger partial charge < -0.3 is 10.6 Å². The van der Waals surface area contributed by atoms with Crippen LogP contribution in [0.2, 0.25) is 5.02 Å². The zero-order valence-corrected chi connectivity index (χ0v) is 14.9. The van der Waals surface area contributed by atoms with Crippen LogP contribution >= 0.6 is 11.6 Å². The maximum atomic E-state index is 13.0. The van der Waals surface area contributed by atoms with E-state index in [-0.39, 0.29) is 17.4 Å². The Morgan fingerprint density at radius 2 is 1.69 bits per heavy atom. The van der Waals surface area contributed by atoms with Gasteiger partial charge in [-0.25, -0.2) is 14.4 Å². The van der Waals surface area contributed by atoms with Gasteiger partial charge in [-0.1, -0.05) is 17.7 Å². The number of hydrogen-bond acceptors (Lipinski definition) is 4. The van der Waals surface area contributed by atoms with Gasteiger partial charge in [0, 0.05) is 22.5 Å². The van der Waals surface area contributed by atoms with Crippen LogP contribution in [0.15, 0.2) is 48.5 Å². The first-order chi connectivity index (χ1) is 12.4. The van der Waals surface area contributed by atoms with Crippen LogP contribution in [-0.4, -0.2) is 15.9 Å². The van der Waals surface area contributed by atoms with Crippen molar-refractivity contribution in [3.63, 3.8) is 0 Å². The van der Waals surface area contributed by atoms with Gasteiger partial charge in [-0.3, -0.25) is 4.79 Å². The van der Waals surface area contributed by atoms with Crippen molar-refractivity contribution in [3.8, 4) is 0 Å². The third-order valence-corrected chi connectivity index (χ3v) is 4.02. The zero-order chi connectivity index (χ0) is 18.7. The highest BCUT2D eigenvalue weighted by Gasteiger charge is 2.12. The topological polar surface area (TPSA) is 66.9 Å². The molecule has 0 aliphatic carbocycles. The van der Waals surface area contributed by atoms with E-state index in [1.165, 1.54) is 18.2 Å². The number of hydrogen-bond donors (Lipinski definition) is 2. The smallest absolute Gasteiger partial charge is 0.274 e. The Kier molecular flexibility index (Phi) is 5.14. The average Bonchev–Trinajstić information content (AvgIpc) is 2.60.